The first-order chi connectivity index (χ1) is 23.2. The number of rotatable bonds is 8. The lowest BCUT2D eigenvalue weighted by molar-refractivity contribution is -0.169. The summed E-state index contributed by atoms with van der Waals surface area (Å²) in [5.74, 6) is -9.20. The summed E-state index contributed by atoms with van der Waals surface area (Å²) in [4.78, 5) is 50.9. The minimum absolute atomic E-state index is 0.125. The number of hydrogen-bond acceptors (Lipinski definition) is 12. The van der Waals surface area contributed by atoms with Crippen molar-refractivity contribution in [2.75, 3.05) is 37.4 Å². The van der Waals surface area contributed by atoms with Crippen LogP contribution in [0.4, 0.5) is 17.3 Å². The van der Waals surface area contributed by atoms with Crippen molar-refractivity contribution in [3.8, 4) is 17.0 Å². The second-order valence-electron chi connectivity index (χ2n) is 13.0. The number of amides is 1. The van der Waals surface area contributed by atoms with Gasteiger partial charge in [-0.15, -0.1) is 0 Å². The van der Waals surface area contributed by atoms with Crippen molar-refractivity contribution in [1.29, 1.82) is 0 Å². The number of aromatic nitrogens is 2. The molecule has 0 bridgehead atoms. The number of benzene rings is 2. The number of aliphatic hydroxyl groups excluding tert-OH is 3. The third-order valence-electron chi connectivity index (χ3n) is 10.3. The molecule has 14 heteroatoms. The topological polar surface area (TPSA) is 226 Å². The molecule has 14 nitrogen and oxygen atoms in total. The summed E-state index contributed by atoms with van der Waals surface area (Å²) in [6, 6.07) is 9.76. The third kappa shape index (κ3) is 4.89. The molecule has 1 heterocycles. The zero-order valence-electron chi connectivity index (χ0n) is 27.7. The first-order valence-electron chi connectivity index (χ1n) is 16.0. The fraction of sp³-hybridized carbons (Fsp3) is 0.371. The number of aliphatic hydroxyl groups is 4. The van der Waals surface area contributed by atoms with E-state index in [1.807, 2.05) is 24.3 Å². The molecule has 1 aromatic heterocycles. The summed E-state index contributed by atoms with van der Waals surface area (Å²) in [5.41, 5.74) is 4.06. The van der Waals surface area contributed by atoms with Gasteiger partial charge in [0.2, 0.25) is 11.7 Å². The lowest BCUT2D eigenvalue weighted by Crippen LogP contribution is -2.70. The van der Waals surface area contributed by atoms with E-state index in [2.05, 4.69) is 34.0 Å². The van der Waals surface area contributed by atoms with Crippen LogP contribution in [0.2, 0.25) is 0 Å². The second-order valence-corrected chi connectivity index (χ2v) is 13.0. The number of aromatic amines is 1. The van der Waals surface area contributed by atoms with Crippen LogP contribution in [-0.2, 0) is 14.4 Å². The SMILES string of the molecule is CCN(CC)c1ccc(-c2cnc(Nc3ccc4c(c3O)C(O)=C3C(=O)[C@]5(O)C(O)=C(C(N)=O)C(=O)[C@@H](N(C)C)[C@@H]5[C@@H](O)[C@@H]3[C@H]4C)[nH]2)cc1. The Kier molecular flexibility index (Phi) is 8.29. The molecule has 1 saturated carbocycles. The number of carbonyl (C=O) groups is 3. The summed E-state index contributed by atoms with van der Waals surface area (Å²) >= 11 is 0. The van der Waals surface area contributed by atoms with E-state index in [4.69, 9.17) is 5.73 Å². The van der Waals surface area contributed by atoms with Crippen molar-refractivity contribution >= 4 is 40.6 Å². The van der Waals surface area contributed by atoms with Gasteiger partial charge in [0.25, 0.3) is 5.91 Å². The van der Waals surface area contributed by atoms with Gasteiger partial charge in [0, 0.05) is 30.3 Å². The van der Waals surface area contributed by atoms with Gasteiger partial charge in [-0.25, -0.2) is 4.98 Å². The molecule has 2 aromatic carbocycles. The Morgan fingerprint density at radius 3 is 2.31 bits per heavy atom. The molecule has 3 aromatic rings. The molecule has 0 spiro atoms. The van der Waals surface area contributed by atoms with Gasteiger partial charge >= 0.3 is 0 Å². The molecule has 6 atom stereocenters. The number of phenolic OH excluding ortho intramolecular Hbond substituents is 1. The molecule has 0 radical (unpaired) electrons. The number of phenols is 1. The lowest BCUT2D eigenvalue weighted by atomic mass is 9.54. The summed E-state index contributed by atoms with van der Waals surface area (Å²) in [6.07, 6.45) is -0.0373. The number of hydrogen-bond donors (Lipinski definition) is 8. The van der Waals surface area contributed by atoms with Crippen LogP contribution in [0.3, 0.4) is 0 Å². The molecular weight excluding hydrogens is 632 g/mol. The molecule has 9 N–H and O–H groups in total. The Hall–Kier alpha value is -5.18. The van der Waals surface area contributed by atoms with E-state index in [9.17, 15) is 39.9 Å². The lowest BCUT2D eigenvalue weighted by Gasteiger charge is -2.53. The molecule has 0 saturated heterocycles. The van der Waals surface area contributed by atoms with E-state index >= 15 is 0 Å². The van der Waals surface area contributed by atoms with Crippen LogP contribution in [0.25, 0.3) is 17.0 Å². The average molecular weight is 673 g/mol. The van der Waals surface area contributed by atoms with Gasteiger partial charge in [-0.1, -0.05) is 25.1 Å². The number of imidazole rings is 1. The predicted molar refractivity (Wildman–Crippen MR) is 181 cm³/mol. The molecule has 3 aliphatic carbocycles. The number of carbonyl (C=O) groups excluding carboxylic acids is 3. The van der Waals surface area contributed by atoms with Crippen molar-refractivity contribution in [2.24, 2.45) is 17.6 Å². The minimum atomic E-state index is -2.98. The maximum absolute atomic E-state index is 14.2. The first kappa shape index (κ1) is 33.7. The van der Waals surface area contributed by atoms with Crippen molar-refractivity contribution < 1.29 is 39.9 Å². The summed E-state index contributed by atoms with van der Waals surface area (Å²) in [6.45, 7) is 7.62. The molecule has 258 valence electrons. The number of likely N-dealkylation sites (N-methyl/N-ethyl adjacent to an activating group) is 1. The fourth-order valence-electron chi connectivity index (χ4n) is 7.82. The number of nitrogens with one attached hydrogen (secondary N) is 2. The van der Waals surface area contributed by atoms with Crippen LogP contribution in [0, 0.1) is 11.8 Å². The molecule has 1 amide bonds. The molecular formula is C35H40N6O8. The molecule has 49 heavy (non-hydrogen) atoms. The van der Waals surface area contributed by atoms with Crippen molar-refractivity contribution in [3.05, 3.63) is 70.6 Å². The number of anilines is 3. The van der Waals surface area contributed by atoms with Gasteiger partial charge in [0.05, 0.1) is 41.2 Å². The van der Waals surface area contributed by atoms with Gasteiger partial charge in [-0.2, -0.15) is 0 Å². The molecule has 6 rings (SSSR count). The zero-order valence-corrected chi connectivity index (χ0v) is 27.7. The van der Waals surface area contributed by atoms with Crippen LogP contribution >= 0.6 is 0 Å². The number of nitrogens with zero attached hydrogens (tertiary/aromatic N) is 3. The number of nitrogens with two attached hydrogens (primary N) is 1. The van der Waals surface area contributed by atoms with E-state index in [-0.39, 0.29) is 17.2 Å². The highest BCUT2D eigenvalue weighted by atomic mass is 16.4. The Labute approximate surface area is 282 Å². The predicted octanol–water partition coefficient (Wildman–Crippen LogP) is 2.48. The van der Waals surface area contributed by atoms with Crippen LogP contribution in [-0.4, -0.2) is 103 Å². The zero-order chi connectivity index (χ0) is 35.7. The Bertz CT molecular complexity index is 1930. The van der Waals surface area contributed by atoms with Crippen LogP contribution in [0.15, 0.2) is 59.5 Å². The number of H-pyrrole nitrogens is 1. The van der Waals surface area contributed by atoms with Crippen molar-refractivity contribution in [3.63, 3.8) is 0 Å². The van der Waals surface area contributed by atoms with Crippen LogP contribution in [0.1, 0.15) is 37.8 Å². The summed E-state index contributed by atoms with van der Waals surface area (Å²) in [7, 11) is 2.92. The summed E-state index contributed by atoms with van der Waals surface area (Å²) in [5, 5.41) is 60.9. The molecule has 0 unspecified atom stereocenters. The van der Waals surface area contributed by atoms with Gasteiger partial charge in [-0.05, 0) is 63.2 Å². The smallest absolute Gasteiger partial charge is 0.255 e. The first-order valence-corrected chi connectivity index (χ1v) is 16.0. The molecule has 1 fully saturated rings. The van der Waals surface area contributed by atoms with Gasteiger partial charge in [-0.3, -0.25) is 19.3 Å². The Morgan fingerprint density at radius 1 is 1.06 bits per heavy atom. The Balaban J connectivity index is 1.39. The Morgan fingerprint density at radius 2 is 1.71 bits per heavy atom. The quantitative estimate of drug-likeness (QED) is 0.128. The maximum atomic E-state index is 14.2. The number of Topliss-reactive ketones (excluding diaryl/α,β-unsaturated/α-hetero) is 2. The van der Waals surface area contributed by atoms with Crippen LogP contribution in [0.5, 0.6) is 5.75 Å². The average Bonchev–Trinajstić information content (AvgIpc) is 3.53. The van der Waals surface area contributed by atoms with E-state index in [0.717, 1.165) is 24.3 Å². The van der Waals surface area contributed by atoms with Gasteiger partial charge in [0.15, 0.2) is 11.4 Å². The number of ketones is 2. The largest absolute Gasteiger partial charge is 0.508 e. The number of primary amides is 1. The van der Waals surface area contributed by atoms with E-state index in [1.165, 1.54) is 19.0 Å². The van der Waals surface area contributed by atoms with Gasteiger partial charge < -0.3 is 46.5 Å². The highest BCUT2D eigenvalue weighted by Gasteiger charge is 2.68. The van der Waals surface area contributed by atoms with E-state index < -0.39 is 81.4 Å². The number of fused-ring (bicyclic) bond motifs is 3. The summed E-state index contributed by atoms with van der Waals surface area (Å²) < 4.78 is 0. The highest BCUT2D eigenvalue weighted by Crippen LogP contribution is 2.56. The maximum Gasteiger partial charge on any atom is 0.255 e. The van der Waals surface area contributed by atoms with Crippen LogP contribution < -0.4 is 16.0 Å². The van der Waals surface area contributed by atoms with Crippen molar-refractivity contribution in [1.82, 2.24) is 14.9 Å². The standard InChI is InChI=1S/C35H40N6O8/c1-6-41(7-2)17-10-8-16(9-11-17)20-14-37-34(39-20)38-19-13-12-18-15(3)21-23(28(43)22(18)27(19)42)31(46)35(49)25(29(21)44)26(40(4)5)30(45)24(32(35)47)33(36)48/h8-15,21,25-26,29,42-44,47,49H,6-7H2,1-5H3,(H2,36,48)(H2,37,38,39)/t15-,21+,25+,26-,29-,35-/m0/s1. The second kappa shape index (κ2) is 12.1. The van der Waals surface area contributed by atoms with Gasteiger partial charge in [0.1, 0.15) is 22.8 Å². The van der Waals surface area contributed by atoms with E-state index in [1.54, 1.807) is 25.3 Å². The fourth-order valence-corrected chi connectivity index (χ4v) is 7.82. The third-order valence-corrected chi connectivity index (χ3v) is 10.3. The normalized spacial score (nSPS) is 26.4. The van der Waals surface area contributed by atoms with Crippen molar-refractivity contribution in [2.45, 2.75) is 44.4 Å². The molecule has 0 aliphatic heterocycles. The highest BCUT2D eigenvalue weighted by molar-refractivity contribution is 6.24. The number of aromatic hydroxyl groups is 1. The minimum Gasteiger partial charge on any atom is -0.508 e. The van der Waals surface area contributed by atoms with E-state index in [0.29, 0.717) is 11.3 Å². The molecule has 3 aliphatic rings. The monoisotopic (exact) mass is 672 g/mol.